The van der Waals surface area contributed by atoms with Crippen LogP contribution in [0.2, 0.25) is 0 Å². The summed E-state index contributed by atoms with van der Waals surface area (Å²) >= 11 is 0. The molecule has 0 unspecified atom stereocenters. The van der Waals surface area contributed by atoms with Crippen LogP contribution in [0.25, 0.3) is 0 Å². The fraction of sp³-hybridized carbons (Fsp3) is 0.143. The van der Waals surface area contributed by atoms with Crippen LogP contribution in [0, 0.1) is 0 Å². The Morgan fingerprint density at radius 1 is 0.792 bits per heavy atom. The second-order valence-electron chi connectivity index (χ2n) is 4.94. The molecule has 130 valence electrons. The Morgan fingerprint density at radius 3 is 1.54 bits per heavy atom. The molecule has 0 aliphatic heterocycles. The molecule has 0 aromatic heterocycles. The average molecular weight is 370 g/mol. The summed E-state index contributed by atoms with van der Waals surface area (Å²) in [5.74, 6) is 0. The van der Waals surface area contributed by atoms with Gasteiger partial charge in [0.15, 0.2) is 0 Å². The van der Waals surface area contributed by atoms with Crippen molar-refractivity contribution in [2.24, 2.45) is 5.73 Å². The molecular weight excluding hydrogens is 352 g/mol. The fourth-order valence-corrected chi connectivity index (χ4v) is 5.84. The van der Waals surface area contributed by atoms with Crippen LogP contribution in [0.5, 0.6) is 0 Å². The van der Waals surface area contributed by atoms with Crippen LogP contribution in [0.15, 0.2) is 58.3 Å². The Kier molecular flexibility index (Phi) is 5.13. The zero-order valence-electron chi connectivity index (χ0n) is 12.7. The number of sulfonamides is 2. The van der Waals surface area contributed by atoms with Gasteiger partial charge in [-0.05, 0) is 36.4 Å². The standard InChI is InChI=1S/C14H18N4O4S2/c15-7-8-18(23(19,20)13-5-1-3-11(16)9-13)24(21,22)14-6-2-4-12(17)10-14/h1-6,9-10H,7-8,15-17H2. The third-order valence-electron chi connectivity index (χ3n) is 3.16. The van der Waals surface area contributed by atoms with Crippen LogP contribution in [0.3, 0.4) is 0 Å². The van der Waals surface area contributed by atoms with Crippen LogP contribution in [-0.4, -0.2) is 33.6 Å². The largest absolute Gasteiger partial charge is 0.399 e. The molecule has 0 fully saturated rings. The maximum Gasteiger partial charge on any atom is 0.256 e. The minimum absolute atomic E-state index is 0.177. The lowest BCUT2D eigenvalue weighted by Crippen LogP contribution is -2.40. The van der Waals surface area contributed by atoms with Crippen molar-refractivity contribution < 1.29 is 16.8 Å². The summed E-state index contributed by atoms with van der Waals surface area (Å²) < 4.78 is 51.5. The Hall–Kier alpha value is -2.14. The van der Waals surface area contributed by atoms with Gasteiger partial charge in [-0.25, -0.2) is 16.8 Å². The Labute approximate surface area is 141 Å². The third-order valence-corrected chi connectivity index (χ3v) is 7.47. The van der Waals surface area contributed by atoms with Crippen molar-refractivity contribution in [3.8, 4) is 0 Å². The van der Waals surface area contributed by atoms with E-state index in [1.807, 2.05) is 0 Å². The Balaban J connectivity index is 2.60. The van der Waals surface area contributed by atoms with Crippen LogP contribution in [-0.2, 0) is 20.0 Å². The van der Waals surface area contributed by atoms with Crippen molar-refractivity contribution in [1.29, 1.82) is 0 Å². The summed E-state index contributed by atoms with van der Waals surface area (Å²) in [6, 6.07) is 10.8. The fourth-order valence-electron chi connectivity index (χ4n) is 2.06. The first kappa shape index (κ1) is 18.2. The van der Waals surface area contributed by atoms with Gasteiger partial charge in [-0.15, -0.1) is 0 Å². The highest BCUT2D eigenvalue weighted by atomic mass is 32.3. The SMILES string of the molecule is NCCN(S(=O)(=O)c1cccc(N)c1)S(=O)(=O)c1cccc(N)c1. The van der Waals surface area contributed by atoms with Crippen LogP contribution in [0.4, 0.5) is 11.4 Å². The number of nitrogens with zero attached hydrogens (tertiary/aromatic N) is 1. The molecule has 6 N–H and O–H groups in total. The van der Waals surface area contributed by atoms with Gasteiger partial charge in [-0.3, -0.25) is 0 Å². The molecule has 2 rings (SSSR count). The smallest absolute Gasteiger partial charge is 0.256 e. The van der Waals surface area contributed by atoms with E-state index in [1.54, 1.807) is 0 Å². The van der Waals surface area contributed by atoms with Crippen molar-refractivity contribution >= 4 is 31.4 Å². The quantitative estimate of drug-likeness (QED) is 0.614. The molecule has 0 amide bonds. The summed E-state index contributed by atoms with van der Waals surface area (Å²) in [7, 11) is -8.72. The number of rotatable bonds is 6. The van der Waals surface area contributed by atoms with Crippen molar-refractivity contribution in [3.05, 3.63) is 48.5 Å². The predicted molar refractivity (Wildman–Crippen MR) is 91.8 cm³/mol. The molecule has 24 heavy (non-hydrogen) atoms. The first-order valence-corrected chi connectivity index (χ1v) is 9.76. The van der Waals surface area contributed by atoms with Gasteiger partial charge < -0.3 is 17.2 Å². The Morgan fingerprint density at radius 2 is 1.21 bits per heavy atom. The summed E-state index contributed by atoms with van der Waals surface area (Å²) in [6.45, 7) is -0.586. The van der Waals surface area contributed by atoms with Crippen molar-refractivity contribution in [1.82, 2.24) is 3.71 Å². The highest BCUT2D eigenvalue weighted by molar-refractivity contribution is 8.04. The minimum atomic E-state index is -4.36. The molecule has 0 heterocycles. The molecule has 2 aromatic carbocycles. The number of anilines is 2. The summed E-state index contributed by atoms with van der Waals surface area (Å²) in [6.07, 6.45) is 0. The van der Waals surface area contributed by atoms with Gasteiger partial charge in [0.25, 0.3) is 20.0 Å². The summed E-state index contributed by atoms with van der Waals surface area (Å²) in [4.78, 5) is -0.466. The molecule has 0 radical (unpaired) electrons. The number of nitrogens with two attached hydrogens (primary N) is 3. The molecule has 0 saturated carbocycles. The molecule has 0 aliphatic rings. The molecule has 8 nitrogen and oxygen atoms in total. The molecule has 0 bridgehead atoms. The summed E-state index contributed by atoms with van der Waals surface area (Å²) in [5, 5.41) is 0. The maximum atomic E-state index is 12.8. The summed E-state index contributed by atoms with van der Waals surface area (Å²) in [5.41, 5.74) is 17.0. The highest BCUT2D eigenvalue weighted by Crippen LogP contribution is 2.25. The van der Waals surface area contributed by atoms with Gasteiger partial charge in [-0.1, -0.05) is 15.8 Å². The molecule has 0 aliphatic carbocycles. The minimum Gasteiger partial charge on any atom is -0.399 e. The number of hydrogen-bond donors (Lipinski definition) is 3. The highest BCUT2D eigenvalue weighted by Gasteiger charge is 2.36. The van der Waals surface area contributed by atoms with E-state index in [0.717, 1.165) is 0 Å². The second kappa shape index (κ2) is 6.77. The van der Waals surface area contributed by atoms with Crippen molar-refractivity contribution in [3.63, 3.8) is 0 Å². The number of benzene rings is 2. The van der Waals surface area contributed by atoms with Crippen LogP contribution >= 0.6 is 0 Å². The monoisotopic (exact) mass is 370 g/mol. The molecule has 10 heteroatoms. The zero-order valence-corrected chi connectivity index (χ0v) is 14.3. The molecular formula is C14H18N4O4S2. The number of nitrogen functional groups attached to an aromatic ring is 2. The van der Waals surface area contributed by atoms with Crippen molar-refractivity contribution in [2.75, 3.05) is 24.6 Å². The van der Waals surface area contributed by atoms with Crippen LogP contribution < -0.4 is 17.2 Å². The van der Waals surface area contributed by atoms with E-state index < -0.39 is 26.6 Å². The van der Waals surface area contributed by atoms with Gasteiger partial charge in [-0.2, -0.15) is 0 Å². The van der Waals surface area contributed by atoms with E-state index in [4.69, 9.17) is 17.2 Å². The third kappa shape index (κ3) is 3.51. The van der Waals surface area contributed by atoms with Gasteiger partial charge in [0.2, 0.25) is 0 Å². The predicted octanol–water partition coefficient (Wildman–Crippen LogP) is 0.189. The van der Waals surface area contributed by atoms with E-state index >= 15 is 0 Å². The van der Waals surface area contributed by atoms with Gasteiger partial charge in [0.1, 0.15) is 0 Å². The lowest BCUT2D eigenvalue weighted by molar-refractivity contribution is 0.500. The van der Waals surface area contributed by atoms with E-state index in [1.165, 1.54) is 48.5 Å². The first-order chi connectivity index (χ1) is 11.2. The maximum absolute atomic E-state index is 12.8. The molecule has 2 aromatic rings. The van der Waals surface area contributed by atoms with E-state index in [-0.39, 0.29) is 27.7 Å². The lowest BCUT2D eigenvalue weighted by atomic mass is 10.3. The molecule has 0 atom stereocenters. The topological polar surface area (TPSA) is 150 Å². The first-order valence-electron chi connectivity index (χ1n) is 6.88. The van der Waals surface area contributed by atoms with Gasteiger partial charge in [0, 0.05) is 24.5 Å². The molecule has 0 saturated heterocycles. The average Bonchev–Trinajstić information content (AvgIpc) is 2.52. The molecule has 0 spiro atoms. The van der Waals surface area contributed by atoms with E-state index in [9.17, 15) is 16.8 Å². The van der Waals surface area contributed by atoms with Crippen LogP contribution in [0.1, 0.15) is 0 Å². The zero-order chi connectivity index (χ0) is 18.0. The van der Waals surface area contributed by atoms with Gasteiger partial charge >= 0.3 is 0 Å². The van der Waals surface area contributed by atoms with E-state index in [0.29, 0.717) is 3.71 Å². The lowest BCUT2D eigenvalue weighted by Gasteiger charge is -2.21. The van der Waals surface area contributed by atoms with Gasteiger partial charge in [0.05, 0.1) is 9.79 Å². The normalized spacial score (nSPS) is 12.4. The second-order valence-corrected chi connectivity index (χ2v) is 8.90. The Bertz CT molecular complexity index is 867. The number of hydrogen-bond acceptors (Lipinski definition) is 7. The van der Waals surface area contributed by atoms with E-state index in [2.05, 4.69) is 0 Å². The van der Waals surface area contributed by atoms with Crippen molar-refractivity contribution in [2.45, 2.75) is 9.79 Å².